The van der Waals surface area contributed by atoms with Crippen molar-refractivity contribution in [2.45, 2.75) is 6.54 Å². The number of amides is 2. The lowest BCUT2D eigenvalue weighted by molar-refractivity contribution is -0.123. The van der Waals surface area contributed by atoms with E-state index in [4.69, 9.17) is 21.1 Å². The maximum atomic E-state index is 12.9. The molecule has 0 saturated carbocycles. The summed E-state index contributed by atoms with van der Waals surface area (Å²) in [6, 6.07) is 17.0. The summed E-state index contributed by atoms with van der Waals surface area (Å²) in [6.45, 7) is 0.182. The predicted molar refractivity (Wildman–Crippen MR) is 143 cm³/mol. The Morgan fingerprint density at radius 1 is 1.06 bits per heavy atom. The highest BCUT2D eigenvalue weighted by Crippen LogP contribution is 2.39. The fraction of sp³-hybridized carbons (Fsp3) is 0.0800. The summed E-state index contributed by atoms with van der Waals surface area (Å²) in [5.41, 5.74) is 1.76. The number of halogens is 3. The number of imide groups is 1. The maximum Gasteiger partial charge on any atom is 0.343 e. The second kappa shape index (κ2) is 11.0. The van der Waals surface area contributed by atoms with E-state index < -0.39 is 5.97 Å². The Kier molecular flexibility index (Phi) is 8.01. The molecule has 0 aliphatic carbocycles. The van der Waals surface area contributed by atoms with E-state index >= 15 is 0 Å². The smallest absolute Gasteiger partial charge is 0.343 e. The average molecular weight is 638 g/mol. The number of hydrogen-bond donors (Lipinski definition) is 0. The van der Waals surface area contributed by atoms with Crippen molar-refractivity contribution < 1.29 is 23.9 Å². The van der Waals surface area contributed by atoms with Crippen molar-refractivity contribution in [3.63, 3.8) is 0 Å². The van der Waals surface area contributed by atoms with Gasteiger partial charge in [0, 0.05) is 9.50 Å². The molecule has 35 heavy (non-hydrogen) atoms. The average Bonchev–Trinajstić information content (AvgIpc) is 3.09. The minimum absolute atomic E-state index is 0.182. The number of benzene rings is 3. The van der Waals surface area contributed by atoms with Gasteiger partial charge in [-0.05, 0) is 93.4 Å². The largest absolute Gasteiger partial charge is 0.493 e. The monoisotopic (exact) mass is 635 g/mol. The molecule has 2 amide bonds. The molecular weight excluding hydrogens is 622 g/mol. The van der Waals surface area contributed by atoms with Gasteiger partial charge in [0.1, 0.15) is 0 Å². The number of methoxy groups -OCH3 is 1. The van der Waals surface area contributed by atoms with E-state index in [1.165, 1.54) is 12.0 Å². The minimum atomic E-state index is -0.581. The number of nitrogens with zero attached hydrogens (tertiary/aromatic N) is 1. The van der Waals surface area contributed by atoms with Crippen LogP contribution in [0.15, 0.2) is 74.5 Å². The van der Waals surface area contributed by atoms with Crippen molar-refractivity contribution in [3.8, 4) is 11.5 Å². The van der Waals surface area contributed by atoms with Crippen LogP contribution in [0.25, 0.3) is 6.08 Å². The van der Waals surface area contributed by atoms with E-state index in [2.05, 4.69) is 31.9 Å². The molecule has 1 aliphatic heterocycles. The Morgan fingerprint density at radius 3 is 2.40 bits per heavy atom. The van der Waals surface area contributed by atoms with Crippen molar-refractivity contribution in [3.05, 3.63) is 96.2 Å². The molecule has 4 rings (SSSR count). The highest BCUT2D eigenvalue weighted by Gasteiger charge is 2.35. The second-order valence-corrected chi connectivity index (χ2v) is 10.5. The molecule has 1 aliphatic rings. The molecule has 0 N–H and O–H groups in total. The van der Waals surface area contributed by atoms with Crippen LogP contribution in [0.4, 0.5) is 4.79 Å². The third kappa shape index (κ3) is 5.98. The van der Waals surface area contributed by atoms with E-state index in [0.717, 1.165) is 21.8 Å². The lowest BCUT2D eigenvalue weighted by atomic mass is 10.1. The van der Waals surface area contributed by atoms with Crippen molar-refractivity contribution in [1.82, 2.24) is 4.90 Å². The van der Waals surface area contributed by atoms with Crippen LogP contribution in [0, 0.1) is 0 Å². The van der Waals surface area contributed by atoms with Gasteiger partial charge in [-0.2, -0.15) is 0 Å². The molecule has 1 saturated heterocycles. The first-order chi connectivity index (χ1) is 16.7. The van der Waals surface area contributed by atoms with E-state index in [1.54, 1.807) is 42.5 Å². The van der Waals surface area contributed by atoms with Gasteiger partial charge in [0.25, 0.3) is 11.1 Å². The molecular formula is C25H16Br2ClNO5S. The molecule has 0 aromatic heterocycles. The molecule has 1 heterocycles. The fourth-order valence-corrected chi connectivity index (χ4v) is 4.99. The van der Waals surface area contributed by atoms with Gasteiger partial charge in [-0.3, -0.25) is 14.5 Å². The van der Waals surface area contributed by atoms with Crippen LogP contribution in [0.3, 0.4) is 0 Å². The van der Waals surface area contributed by atoms with E-state index in [0.29, 0.717) is 20.6 Å². The summed E-state index contributed by atoms with van der Waals surface area (Å²) >= 11 is 13.5. The van der Waals surface area contributed by atoms with E-state index in [-0.39, 0.29) is 34.1 Å². The summed E-state index contributed by atoms with van der Waals surface area (Å²) in [6.07, 6.45) is 1.60. The Bertz CT molecular complexity index is 1340. The van der Waals surface area contributed by atoms with Crippen molar-refractivity contribution in [2.75, 3.05) is 7.11 Å². The number of carbonyl (C=O) groups is 3. The summed E-state index contributed by atoms with van der Waals surface area (Å²) < 4.78 is 12.3. The second-order valence-electron chi connectivity index (χ2n) is 7.32. The van der Waals surface area contributed by atoms with Crippen LogP contribution in [0.2, 0.25) is 5.02 Å². The van der Waals surface area contributed by atoms with E-state index in [9.17, 15) is 14.4 Å². The molecule has 1 fully saturated rings. The number of hydrogen-bond acceptors (Lipinski definition) is 6. The molecule has 3 aromatic rings. The molecule has 6 nitrogen and oxygen atoms in total. The highest BCUT2D eigenvalue weighted by molar-refractivity contribution is 9.10. The number of ether oxygens (including phenoxy) is 2. The van der Waals surface area contributed by atoms with E-state index in [1.807, 2.05) is 24.3 Å². The standard InChI is InChI=1S/C25H16Br2ClNO5S/c1-33-20-11-15(10-19(27)22(20)34-24(31)16-4-8-18(28)9-5-16)12-21-23(30)29(25(32)35-21)13-14-2-6-17(26)7-3-14/h2-12H,13H2,1H3/b21-12-. The molecule has 0 bridgehead atoms. The first-order valence-corrected chi connectivity index (χ1v) is 12.9. The third-order valence-electron chi connectivity index (χ3n) is 4.95. The quantitative estimate of drug-likeness (QED) is 0.160. The van der Waals surface area contributed by atoms with Crippen LogP contribution in [-0.4, -0.2) is 29.1 Å². The highest BCUT2D eigenvalue weighted by atomic mass is 79.9. The normalized spacial score (nSPS) is 14.5. The summed E-state index contributed by atoms with van der Waals surface area (Å²) in [7, 11) is 1.44. The zero-order valence-corrected chi connectivity index (χ0v) is 22.8. The van der Waals surface area contributed by atoms with Crippen LogP contribution in [0.5, 0.6) is 11.5 Å². The summed E-state index contributed by atoms with van der Waals surface area (Å²) in [5, 5.41) is 0.162. The first kappa shape index (κ1) is 25.5. The number of rotatable bonds is 6. The van der Waals surface area contributed by atoms with Gasteiger partial charge >= 0.3 is 5.97 Å². The predicted octanol–water partition coefficient (Wildman–Crippen LogP) is 7.33. The molecule has 0 spiro atoms. The lowest BCUT2D eigenvalue weighted by Crippen LogP contribution is -2.27. The van der Waals surface area contributed by atoms with Gasteiger partial charge in [-0.25, -0.2) is 4.79 Å². The van der Waals surface area contributed by atoms with Crippen LogP contribution in [-0.2, 0) is 11.3 Å². The van der Waals surface area contributed by atoms with Crippen LogP contribution < -0.4 is 9.47 Å². The first-order valence-electron chi connectivity index (χ1n) is 10.1. The van der Waals surface area contributed by atoms with Crippen LogP contribution >= 0.6 is 55.2 Å². The Balaban J connectivity index is 1.55. The molecule has 3 aromatic carbocycles. The summed E-state index contributed by atoms with van der Waals surface area (Å²) in [5.74, 6) is -0.492. The Hall–Kier alpha value is -2.59. The molecule has 0 unspecified atom stereocenters. The number of thioether (sulfide) groups is 1. The van der Waals surface area contributed by atoms with Gasteiger partial charge in [-0.15, -0.1) is 0 Å². The third-order valence-corrected chi connectivity index (χ3v) is 7.23. The van der Waals surface area contributed by atoms with Gasteiger partial charge < -0.3 is 9.47 Å². The lowest BCUT2D eigenvalue weighted by Gasteiger charge is -2.13. The SMILES string of the molecule is COc1cc(/C=C2\SC(=O)N(Cc3ccc(Br)cc3)C2=O)cc(Br)c1OC(=O)c1ccc(Cl)cc1. The molecule has 0 radical (unpaired) electrons. The van der Waals surface area contributed by atoms with Crippen molar-refractivity contribution in [2.24, 2.45) is 0 Å². The Morgan fingerprint density at radius 2 is 1.74 bits per heavy atom. The topological polar surface area (TPSA) is 72.9 Å². The molecule has 0 atom stereocenters. The summed E-state index contributed by atoms with van der Waals surface area (Å²) in [4.78, 5) is 39.4. The van der Waals surface area contributed by atoms with Gasteiger partial charge in [-0.1, -0.05) is 39.7 Å². The number of esters is 1. The Labute approximate surface area is 227 Å². The number of carbonyl (C=O) groups excluding carboxylic acids is 3. The fourth-order valence-electron chi connectivity index (χ4n) is 3.22. The molecule has 10 heteroatoms. The van der Waals surface area contributed by atoms with Crippen molar-refractivity contribution >= 4 is 78.4 Å². The van der Waals surface area contributed by atoms with Gasteiger partial charge in [0.05, 0.1) is 28.6 Å². The van der Waals surface area contributed by atoms with Crippen LogP contribution in [0.1, 0.15) is 21.5 Å². The maximum absolute atomic E-state index is 12.9. The van der Waals surface area contributed by atoms with Gasteiger partial charge in [0.2, 0.25) is 0 Å². The molecule has 178 valence electrons. The minimum Gasteiger partial charge on any atom is -0.493 e. The zero-order chi connectivity index (χ0) is 25.1. The van der Waals surface area contributed by atoms with Gasteiger partial charge in [0.15, 0.2) is 11.5 Å². The van der Waals surface area contributed by atoms with Crippen molar-refractivity contribution in [1.29, 1.82) is 0 Å². The zero-order valence-electron chi connectivity index (χ0n) is 18.1.